The first-order valence-electron chi connectivity index (χ1n) is 8.02. The van der Waals surface area contributed by atoms with E-state index in [1.807, 2.05) is 10.7 Å². The Labute approximate surface area is 125 Å². The number of piperazine rings is 1. The molecule has 1 aliphatic heterocycles. The summed E-state index contributed by atoms with van der Waals surface area (Å²) in [7, 11) is 0. The second-order valence-corrected chi connectivity index (χ2v) is 6.17. The number of nitrogens with one attached hydrogen (secondary N) is 2. The highest BCUT2D eigenvalue weighted by Gasteiger charge is 2.23. The molecule has 2 N–H and O–H groups in total. The molecule has 1 amide bonds. The van der Waals surface area contributed by atoms with Crippen LogP contribution in [0.5, 0.6) is 0 Å². The van der Waals surface area contributed by atoms with E-state index in [1.165, 1.54) is 25.7 Å². The summed E-state index contributed by atoms with van der Waals surface area (Å²) in [6.07, 6.45) is 6.63. The Kier molecular flexibility index (Phi) is 4.55. The van der Waals surface area contributed by atoms with E-state index in [-0.39, 0.29) is 5.91 Å². The minimum atomic E-state index is 0.0588. The molecule has 2 fully saturated rings. The summed E-state index contributed by atoms with van der Waals surface area (Å²) in [4.78, 5) is 14.5. The van der Waals surface area contributed by atoms with E-state index in [4.69, 9.17) is 0 Å². The molecule has 116 valence electrons. The van der Waals surface area contributed by atoms with E-state index < -0.39 is 0 Å². The van der Waals surface area contributed by atoms with Gasteiger partial charge < -0.3 is 10.6 Å². The van der Waals surface area contributed by atoms with Gasteiger partial charge in [0.2, 0.25) is 5.91 Å². The van der Waals surface area contributed by atoms with Crippen molar-refractivity contribution in [2.75, 3.05) is 31.5 Å². The lowest BCUT2D eigenvalue weighted by Gasteiger charge is -2.33. The molecule has 1 aromatic heterocycles. The summed E-state index contributed by atoms with van der Waals surface area (Å²) in [5.41, 5.74) is 0. The Morgan fingerprint density at radius 3 is 3.05 bits per heavy atom. The lowest BCUT2D eigenvalue weighted by molar-refractivity contribution is -0.118. The van der Waals surface area contributed by atoms with E-state index in [0.29, 0.717) is 18.6 Å². The molecule has 0 radical (unpaired) electrons. The van der Waals surface area contributed by atoms with Crippen LogP contribution in [0.2, 0.25) is 0 Å². The fourth-order valence-corrected chi connectivity index (χ4v) is 3.34. The number of amides is 1. The highest BCUT2D eigenvalue weighted by Crippen LogP contribution is 2.31. The van der Waals surface area contributed by atoms with Gasteiger partial charge in [-0.25, -0.2) is 4.68 Å². The first-order valence-corrected chi connectivity index (χ1v) is 8.02. The summed E-state index contributed by atoms with van der Waals surface area (Å²) in [6, 6.07) is 2.76. The summed E-state index contributed by atoms with van der Waals surface area (Å²) < 4.78 is 1.99. The number of nitrogens with zero attached hydrogens (tertiary/aromatic N) is 3. The zero-order valence-electron chi connectivity index (χ0n) is 12.7. The van der Waals surface area contributed by atoms with Crippen LogP contribution < -0.4 is 10.6 Å². The molecule has 21 heavy (non-hydrogen) atoms. The fraction of sp³-hybridized carbons (Fsp3) is 0.733. The van der Waals surface area contributed by atoms with Crippen molar-refractivity contribution in [3.63, 3.8) is 0 Å². The van der Waals surface area contributed by atoms with Crippen molar-refractivity contribution >= 4 is 11.7 Å². The third-order valence-corrected chi connectivity index (χ3v) is 4.59. The smallest absolute Gasteiger partial charge is 0.239 e. The van der Waals surface area contributed by atoms with Gasteiger partial charge in [0.25, 0.3) is 0 Å². The van der Waals surface area contributed by atoms with E-state index in [1.54, 1.807) is 6.20 Å². The minimum absolute atomic E-state index is 0.0588. The van der Waals surface area contributed by atoms with Gasteiger partial charge in [0.05, 0.1) is 18.8 Å². The van der Waals surface area contributed by atoms with Crippen LogP contribution in [0.4, 0.5) is 5.82 Å². The maximum absolute atomic E-state index is 12.3. The molecule has 1 aromatic rings. The molecule has 1 saturated heterocycles. The molecule has 1 aliphatic carbocycles. The molecule has 0 spiro atoms. The van der Waals surface area contributed by atoms with E-state index in [0.717, 1.165) is 25.5 Å². The molecule has 2 heterocycles. The number of rotatable bonds is 4. The van der Waals surface area contributed by atoms with E-state index >= 15 is 0 Å². The van der Waals surface area contributed by atoms with Crippen molar-refractivity contribution in [2.45, 2.75) is 44.7 Å². The largest absolute Gasteiger partial charge is 0.314 e. The van der Waals surface area contributed by atoms with Gasteiger partial charge in [-0.1, -0.05) is 12.8 Å². The Morgan fingerprint density at radius 1 is 1.48 bits per heavy atom. The molecule has 1 atom stereocenters. The van der Waals surface area contributed by atoms with Crippen molar-refractivity contribution < 1.29 is 4.79 Å². The van der Waals surface area contributed by atoms with Crippen LogP contribution in [0.3, 0.4) is 0 Å². The summed E-state index contributed by atoms with van der Waals surface area (Å²) in [5.74, 6) is 0.901. The molecule has 6 nitrogen and oxygen atoms in total. The number of carbonyl (C=O) groups excluding carboxylic acids is 1. The van der Waals surface area contributed by atoms with Gasteiger partial charge in [0, 0.05) is 31.7 Å². The van der Waals surface area contributed by atoms with Crippen LogP contribution in [0.15, 0.2) is 12.3 Å². The first kappa shape index (κ1) is 14.5. The second-order valence-electron chi connectivity index (χ2n) is 6.17. The van der Waals surface area contributed by atoms with Crippen molar-refractivity contribution in [1.82, 2.24) is 20.0 Å². The van der Waals surface area contributed by atoms with Gasteiger partial charge in [-0.3, -0.25) is 9.69 Å². The third kappa shape index (κ3) is 3.44. The molecule has 0 aromatic carbocycles. The SMILES string of the molecule is C[C@@H]1CNCCN1CC(=O)Nc1ccnn1C1CCCC1. The number of hydrogen-bond acceptors (Lipinski definition) is 4. The number of hydrogen-bond donors (Lipinski definition) is 2. The Morgan fingerprint density at radius 2 is 2.29 bits per heavy atom. The minimum Gasteiger partial charge on any atom is -0.314 e. The van der Waals surface area contributed by atoms with Crippen LogP contribution in [0.25, 0.3) is 0 Å². The normalized spacial score (nSPS) is 24.3. The Balaban J connectivity index is 1.58. The lowest BCUT2D eigenvalue weighted by atomic mass is 10.2. The van der Waals surface area contributed by atoms with Crippen molar-refractivity contribution in [1.29, 1.82) is 0 Å². The molecule has 2 aliphatic rings. The predicted molar refractivity (Wildman–Crippen MR) is 82.3 cm³/mol. The first-order chi connectivity index (χ1) is 10.2. The molecule has 6 heteroatoms. The second kappa shape index (κ2) is 6.58. The van der Waals surface area contributed by atoms with Crippen molar-refractivity contribution in [3.05, 3.63) is 12.3 Å². The van der Waals surface area contributed by atoms with Crippen molar-refractivity contribution in [2.24, 2.45) is 0 Å². The number of anilines is 1. The predicted octanol–water partition coefficient (Wildman–Crippen LogP) is 1.23. The highest BCUT2D eigenvalue weighted by molar-refractivity contribution is 5.91. The van der Waals surface area contributed by atoms with Crippen molar-refractivity contribution in [3.8, 4) is 0 Å². The maximum Gasteiger partial charge on any atom is 0.239 e. The average Bonchev–Trinajstić information content (AvgIpc) is 3.11. The zero-order chi connectivity index (χ0) is 14.7. The van der Waals surface area contributed by atoms with E-state index in [2.05, 4.69) is 27.6 Å². The van der Waals surface area contributed by atoms with Gasteiger partial charge in [-0.2, -0.15) is 5.10 Å². The zero-order valence-corrected chi connectivity index (χ0v) is 12.7. The Hall–Kier alpha value is -1.40. The summed E-state index contributed by atoms with van der Waals surface area (Å²) >= 11 is 0. The third-order valence-electron chi connectivity index (χ3n) is 4.59. The maximum atomic E-state index is 12.3. The van der Waals surface area contributed by atoms with Crippen LogP contribution in [-0.2, 0) is 4.79 Å². The standard InChI is InChI=1S/C15H25N5O/c1-12-10-16-8-9-19(12)11-15(21)18-14-6-7-17-20(14)13-4-2-3-5-13/h6-7,12-13,16H,2-5,8-11H2,1H3,(H,18,21)/t12-/m1/s1. The molecule has 3 rings (SSSR count). The van der Waals surface area contributed by atoms with Crippen LogP contribution in [-0.4, -0.2) is 52.8 Å². The molecular formula is C15H25N5O. The lowest BCUT2D eigenvalue weighted by Crippen LogP contribution is -2.52. The van der Waals surface area contributed by atoms with Gasteiger partial charge in [-0.05, 0) is 19.8 Å². The van der Waals surface area contributed by atoms with Gasteiger partial charge in [0.1, 0.15) is 5.82 Å². The molecular weight excluding hydrogens is 266 g/mol. The monoisotopic (exact) mass is 291 g/mol. The number of carbonyl (C=O) groups is 1. The highest BCUT2D eigenvalue weighted by atomic mass is 16.2. The topological polar surface area (TPSA) is 62.2 Å². The summed E-state index contributed by atoms with van der Waals surface area (Å²) in [5, 5.41) is 10.8. The number of aromatic nitrogens is 2. The fourth-order valence-electron chi connectivity index (χ4n) is 3.34. The quantitative estimate of drug-likeness (QED) is 0.876. The van der Waals surface area contributed by atoms with Crippen LogP contribution in [0.1, 0.15) is 38.6 Å². The molecule has 0 bridgehead atoms. The van der Waals surface area contributed by atoms with Gasteiger partial charge in [-0.15, -0.1) is 0 Å². The Bertz CT molecular complexity index is 480. The van der Waals surface area contributed by atoms with Gasteiger partial charge in [0.15, 0.2) is 0 Å². The van der Waals surface area contributed by atoms with Crippen LogP contribution >= 0.6 is 0 Å². The van der Waals surface area contributed by atoms with Crippen LogP contribution in [0, 0.1) is 0 Å². The molecule has 0 unspecified atom stereocenters. The average molecular weight is 291 g/mol. The van der Waals surface area contributed by atoms with Gasteiger partial charge >= 0.3 is 0 Å². The summed E-state index contributed by atoms with van der Waals surface area (Å²) in [6.45, 7) is 5.45. The van der Waals surface area contributed by atoms with E-state index in [9.17, 15) is 4.79 Å². The molecule has 1 saturated carbocycles.